The fraction of sp³-hybridized carbons (Fsp3) is 0.231. The number of aromatic amines is 1. The molecule has 2 aromatic carbocycles. The largest absolute Gasteiger partial charge is 0.348 e. The zero-order valence-corrected chi connectivity index (χ0v) is 18.2. The molecule has 1 unspecified atom stereocenters. The van der Waals surface area contributed by atoms with E-state index < -0.39 is 0 Å². The number of aromatic nitrogens is 5. The van der Waals surface area contributed by atoms with Gasteiger partial charge in [-0.2, -0.15) is 4.68 Å². The quantitative estimate of drug-likeness (QED) is 0.460. The van der Waals surface area contributed by atoms with Crippen molar-refractivity contribution in [3.63, 3.8) is 0 Å². The molecule has 6 rings (SSSR count). The van der Waals surface area contributed by atoms with Crippen molar-refractivity contribution in [2.75, 3.05) is 13.1 Å². The van der Waals surface area contributed by atoms with E-state index in [4.69, 9.17) is 5.10 Å². The first-order valence-corrected chi connectivity index (χ1v) is 11.3. The summed E-state index contributed by atoms with van der Waals surface area (Å²) in [6, 6.07) is 16.3. The third-order valence-electron chi connectivity index (χ3n) is 6.58. The van der Waals surface area contributed by atoms with Crippen LogP contribution in [0.5, 0.6) is 0 Å². The summed E-state index contributed by atoms with van der Waals surface area (Å²) in [5.74, 6) is 0.957. The van der Waals surface area contributed by atoms with Crippen LogP contribution in [0.3, 0.4) is 0 Å². The van der Waals surface area contributed by atoms with Crippen LogP contribution in [0.1, 0.15) is 30.1 Å². The van der Waals surface area contributed by atoms with Gasteiger partial charge in [-0.3, -0.25) is 19.9 Å². The lowest BCUT2D eigenvalue weighted by Crippen LogP contribution is -2.34. The Balaban J connectivity index is 1.28. The van der Waals surface area contributed by atoms with Crippen LogP contribution < -0.4 is 5.69 Å². The second-order valence-corrected chi connectivity index (χ2v) is 8.69. The smallest absolute Gasteiger partial charge is 0.298 e. The highest BCUT2D eigenvalue weighted by molar-refractivity contribution is 5.89. The van der Waals surface area contributed by atoms with Gasteiger partial charge in [0.2, 0.25) is 0 Å². The molecule has 1 fully saturated rings. The van der Waals surface area contributed by atoms with Gasteiger partial charge in [0.15, 0.2) is 0 Å². The molecule has 0 bridgehead atoms. The molecule has 164 valence electrons. The van der Waals surface area contributed by atoms with Crippen molar-refractivity contribution in [2.24, 2.45) is 0 Å². The third kappa shape index (κ3) is 3.70. The van der Waals surface area contributed by atoms with Crippen molar-refractivity contribution in [3.05, 3.63) is 95.2 Å². The second kappa shape index (κ2) is 8.26. The predicted octanol–water partition coefficient (Wildman–Crippen LogP) is 4.04. The fourth-order valence-electron chi connectivity index (χ4n) is 4.97. The number of benzene rings is 2. The van der Waals surface area contributed by atoms with E-state index in [0.29, 0.717) is 0 Å². The number of nitrogens with one attached hydrogen (secondary N) is 1. The molecule has 7 heteroatoms. The first-order chi connectivity index (χ1) is 16.3. The van der Waals surface area contributed by atoms with Crippen molar-refractivity contribution in [2.45, 2.75) is 25.3 Å². The standard InChI is InChI=1S/C26H24N6O/c33-26-29-25(30-32(26)24-8-2-5-19-15-28-12-10-23(19)24)21-7-3-13-31(17-21)16-20-6-1-4-18-14-27-11-9-22(18)20/h1-2,4-6,8-12,14-15,21H,3,7,13,16-17H2,(H,29,30,33). The number of fused-ring (bicyclic) bond motifs is 2. The highest BCUT2D eigenvalue weighted by atomic mass is 16.1. The molecule has 1 saturated heterocycles. The van der Waals surface area contributed by atoms with Gasteiger partial charge in [-0.05, 0) is 48.5 Å². The molecule has 0 amide bonds. The summed E-state index contributed by atoms with van der Waals surface area (Å²) in [5.41, 5.74) is 1.88. The molecule has 0 aliphatic carbocycles. The Morgan fingerprint density at radius 2 is 1.70 bits per heavy atom. The molecule has 3 aromatic heterocycles. The van der Waals surface area contributed by atoms with Crippen LogP contribution in [0.25, 0.3) is 27.2 Å². The minimum absolute atomic E-state index is 0.195. The minimum atomic E-state index is -0.201. The van der Waals surface area contributed by atoms with E-state index >= 15 is 0 Å². The number of hydrogen-bond acceptors (Lipinski definition) is 5. The highest BCUT2D eigenvalue weighted by Crippen LogP contribution is 2.27. The Labute approximate surface area is 190 Å². The maximum Gasteiger partial charge on any atom is 0.348 e. The Hall–Kier alpha value is -3.84. The van der Waals surface area contributed by atoms with Gasteiger partial charge in [0.05, 0.1) is 5.69 Å². The van der Waals surface area contributed by atoms with Gasteiger partial charge < -0.3 is 0 Å². The van der Waals surface area contributed by atoms with E-state index in [-0.39, 0.29) is 11.6 Å². The van der Waals surface area contributed by atoms with Crippen LogP contribution in [-0.2, 0) is 6.54 Å². The van der Waals surface area contributed by atoms with Crippen molar-refractivity contribution in [1.82, 2.24) is 29.6 Å². The SMILES string of the molecule is O=c1[nH]c(C2CCCN(Cc3cccc4cnccc34)C2)nn1-c1cccc2cnccc12. The van der Waals surface area contributed by atoms with Gasteiger partial charge in [0.25, 0.3) is 0 Å². The molecule has 1 N–H and O–H groups in total. The molecule has 5 aromatic rings. The molecule has 1 atom stereocenters. The summed E-state index contributed by atoms with van der Waals surface area (Å²) in [5, 5.41) is 9.10. The molecule has 1 aliphatic rings. The topological polar surface area (TPSA) is 79.7 Å². The average Bonchev–Trinajstić information content (AvgIpc) is 3.25. The van der Waals surface area contributed by atoms with Gasteiger partial charge >= 0.3 is 5.69 Å². The molecule has 7 nitrogen and oxygen atoms in total. The van der Waals surface area contributed by atoms with Gasteiger partial charge in [-0.15, -0.1) is 5.10 Å². The molecule has 0 saturated carbocycles. The third-order valence-corrected chi connectivity index (χ3v) is 6.58. The zero-order valence-electron chi connectivity index (χ0n) is 18.2. The number of nitrogens with zero attached hydrogens (tertiary/aromatic N) is 5. The van der Waals surface area contributed by atoms with E-state index in [1.54, 1.807) is 12.4 Å². The van der Waals surface area contributed by atoms with Crippen LogP contribution in [-0.4, -0.2) is 42.7 Å². The van der Waals surface area contributed by atoms with Gasteiger partial charge in [0.1, 0.15) is 5.82 Å². The number of likely N-dealkylation sites (tertiary alicyclic amines) is 1. The van der Waals surface area contributed by atoms with Crippen LogP contribution in [0.2, 0.25) is 0 Å². The highest BCUT2D eigenvalue weighted by Gasteiger charge is 2.25. The number of piperidine rings is 1. The first kappa shape index (κ1) is 19.8. The Bertz CT molecular complexity index is 1490. The fourth-order valence-corrected chi connectivity index (χ4v) is 4.97. The van der Waals surface area contributed by atoms with E-state index in [0.717, 1.165) is 60.1 Å². The molecule has 33 heavy (non-hydrogen) atoms. The lowest BCUT2D eigenvalue weighted by molar-refractivity contribution is 0.197. The maximum atomic E-state index is 12.9. The Morgan fingerprint density at radius 3 is 2.55 bits per heavy atom. The van der Waals surface area contributed by atoms with Gasteiger partial charge in [-0.1, -0.05) is 30.3 Å². The number of H-pyrrole nitrogens is 1. The van der Waals surface area contributed by atoms with E-state index in [1.807, 2.05) is 36.7 Å². The van der Waals surface area contributed by atoms with Gasteiger partial charge in [0, 0.05) is 60.0 Å². The molecule has 0 spiro atoms. The van der Waals surface area contributed by atoms with Crippen LogP contribution in [0.4, 0.5) is 0 Å². The van der Waals surface area contributed by atoms with Crippen molar-refractivity contribution < 1.29 is 0 Å². The lowest BCUT2D eigenvalue weighted by Gasteiger charge is -2.31. The van der Waals surface area contributed by atoms with E-state index in [1.165, 1.54) is 15.6 Å². The van der Waals surface area contributed by atoms with Crippen molar-refractivity contribution in [1.29, 1.82) is 0 Å². The van der Waals surface area contributed by atoms with E-state index in [2.05, 4.69) is 44.1 Å². The number of pyridine rings is 2. The number of hydrogen-bond donors (Lipinski definition) is 1. The van der Waals surface area contributed by atoms with E-state index in [9.17, 15) is 4.79 Å². The Morgan fingerprint density at radius 1 is 0.939 bits per heavy atom. The first-order valence-electron chi connectivity index (χ1n) is 11.3. The molecule has 0 radical (unpaired) electrons. The average molecular weight is 437 g/mol. The summed E-state index contributed by atoms with van der Waals surface area (Å²) in [4.78, 5) is 26.8. The van der Waals surface area contributed by atoms with Crippen molar-refractivity contribution >= 4 is 21.5 Å². The van der Waals surface area contributed by atoms with Crippen LogP contribution in [0.15, 0.2) is 78.1 Å². The molecular weight excluding hydrogens is 412 g/mol. The zero-order chi connectivity index (χ0) is 22.2. The summed E-state index contributed by atoms with van der Waals surface area (Å²) in [6.45, 7) is 2.78. The number of rotatable bonds is 4. The van der Waals surface area contributed by atoms with Crippen LogP contribution >= 0.6 is 0 Å². The van der Waals surface area contributed by atoms with Crippen LogP contribution in [0, 0.1) is 0 Å². The summed E-state index contributed by atoms with van der Waals surface area (Å²) >= 11 is 0. The monoisotopic (exact) mass is 436 g/mol. The second-order valence-electron chi connectivity index (χ2n) is 8.69. The summed E-state index contributed by atoms with van der Waals surface area (Å²) < 4.78 is 1.49. The predicted molar refractivity (Wildman–Crippen MR) is 128 cm³/mol. The molecule has 1 aliphatic heterocycles. The summed E-state index contributed by atoms with van der Waals surface area (Å²) in [7, 11) is 0. The molecular formula is C26H24N6O. The molecule has 4 heterocycles. The summed E-state index contributed by atoms with van der Waals surface area (Å²) in [6.07, 6.45) is 9.41. The maximum absolute atomic E-state index is 12.9. The van der Waals surface area contributed by atoms with Gasteiger partial charge in [-0.25, -0.2) is 4.79 Å². The minimum Gasteiger partial charge on any atom is -0.298 e. The van der Waals surface area contributed by atoms with Crippen molar-refractivity contribution in [3.8, 4) is 5.69 Å². The Kier molecular flexibility index (Phi) is 4.96. The normalized spacial score (nSPS) is 17.0. The lowest BCUT2D eigenvalue weighted by atomic mass is 9.96.